The van der Waals surface area contributed by atoms with Crippen LogP contribution >= 0.6 is 0 Å². The predicted octanol–water partition coefficient (Wildman–Crippen LogP) is 4.34. The van der Waals surface area contributed by atoms with Crippen LogP contribution in [0.3, 0.4) is 0 Å². The fourth-order valence-electron chi connectivity index (χ4n) is 4.78. The van der Waals surface area contributed by atoms with Gasteiger partial charge in [0.2, 0.25) is 0 Å². The lowest BCUT2D eigenvalue weighted by molar-refractivity contribution is -0.274. The topological polar surface area (TPSA) is 111 Å². The van der Waals surface area contributed by atoms with Gasteiger partial charge in [-0.15, -0.1) is 18.3 Å². The van der Waals surface area contributed by atoms with Gasteiger partial charge in [-0.1, -0.05) is 11.3 Å². The number of nitrogens with zero attached hydrogens (tertiary/aromatic N) is 7. The Balaban J connectivity index is 1.27. The molecular formula is C29H31F3N8O3. The number of halogens is 3. The van der Waals surface area contributed by atoms with E-state index in [1.165, 1.54) is 18.3 Å². The second-order valence-corrected chi connectivity index (χ2v) is 10.0. The summed E-state index contributed by atoms with van der Waals surface area (Å²) in [5.74, 6) is -1.11. The van der Waals surface area contributed by atoms with Crippen molar-refractivity contribution in [3.63, 3.8) is 0 Å². The Morgan fingerprint density at radius 3 is 2.65 bits per heavy atom. The second-order valence-electron chi connectivity index (χ2n) is 10.0. The number of carbonyl (C=O) groups is 1. The molecule has 14 heteroatoms. The molecule has 1 fully saturated rings. The summed E-state index contributed by atoms with van der Waals surface area (Å²) in [6.45, 7) is 7.30. The standard InChI is InChI=1S/C29H31F3N8O3/c1-20-27(15-23(17-34-20)35-28(41)21-5-3-6-25(14-21)43-29(30,31)32)40-19-26(36-37-40)22-13-24(18-33-16-22)39-10-8-38(9-11-39)7-4-12-42-2/h3,5-6,13-19H,4,7-12H2,1-2H3,(H,35,41). The SMILES string of the molecule is COCCCN1CCN(c2cncc(-c3cn(-c4cc(NC(=O)c5cccc(OC(F)(F)F)c5)cnc4C)nn3)c2)CC1. The minimum atomic E-state index is -4.86. The second kappa shape index (κ2) is 13.2. The fraction of sp³-hybridized carbons (Fsp3) is 0.345. The van der Waals surface area contributed by atoms with Crippen LogP contribution in [0.4, 0.5) is 24.5 Å². The van der Waals surface area contributed by atoms with Crippen LogP contribution in [-0.4, -0.2) is 88.6 Å². The number of hydrogen-bond acceptors (Lipinski definition) is 9. The highest BCUT2D eigenvalue weighted by Gasteiger charge is 2.31. The predicted molar refractivity (Wildman–Crippen MR) is 153 cm³/mol. The van der Waals surface area contributed by atoms with E-state index >= 15 is 0 Å². The first-order chi connectivity index (χ1) is 20.7. The summed E-state index contributed by atoms with van der Waals surface area (Å²) in [5, 5.41) is 11.3. The van der Waals surface area contributed by atoms with E-state index in [0.717, 1.165) is 69.1 Å². The van der Waals surface area contributed by atoms with Gasteiger partial charge in [0.1, 0.15) is 11.4 Å². The number of rotatable bonds is 10. The summed E-state index contributed by atoms with van der Waals surface area (Å²) in [7, 11) is 1.72. The molecular weight excluding hydrogens is 565 g/mol. The van der Waals surface area contributed by atoms with Gasteiger partial charge in [0.05, 0.1) is 41.3 Å². The van der Waals surface area contributed by atoms with Gasteiger partial charge >= 0.3 is 6.36 Å². The number of aryl methyl sites for hydroxylation is 1. The molecule has 0 radical (unpaired) electrons. The first-order valence-electron chi connectivity index (χ1n) is 13.7. The molecule has 226 valence electrons. The Morgan fingerprint density at radius 1 is 1.07 bits per heavy atom. The summed E-state index contributed by atoms with van der Waals surface area (Å²) in [6.07, 6.45) is 2.94. The van der Waals surface area contributed by atoms with E-state index in [2.05, 4.69) is 40.1 Å². The van der Waals surface area contributed by atoms with Crippen molar-refractivity contribution in [2.24, 2.45) is 0 Å². The highest BCUT2D eigenvalue weighted by molar-refractivity contribution is 6.04. The third kappa shape index (κ3) is 7.84. The van der Waals surface area contributed by atoms with E-state index in [1.807, 2.05) is 12.3 Å². The van der Waals surface area contributed by atoms with Gasteiger partial charge in [-0.3, -0.25) is 19.7 Å². The largest absolute Gasteiger partial charge is 0.573 e. The maximum Gasteiger partial charge on any atom is 0.573 e. The van der Waals surface area contributed by atoms with Crippen LogP contribution in [0.25, 0.3) is 16.9 Å². The number of carbonyl (C=O) groups excluding carboxylic acids is 1. The molecule has 1 aromatic carbocycles. The number of hydrogen-bond donors (Lipinski definition) is 1. The molecule has 0 bridgehead atoms. The van der Waals surface area contributed by atoms with Crippen molar-refractivity contribution in [3.8, 4) is 22.7 Å². The maximum absolute atomic E-state index is 12.8. The smallest absolute Gasteiger partial charge is 0.406 e. The van der Waals surface area contributed by atoms with Gasteiger partial charge in [0, 0.05) is 63.8 Å². The molecule has 11 nitrogen and oxygen atoms in total. The van der Waals surface area contributed by atoms with Crippen molar-refractivity contribution in [2.45, 2.75) is 19.7 Å². The van der Waals surface area contributed by atoms with Crippen LogP contribution in [0, 0.1) is 6.92 Å². The quantitative estimate of drug-likeness (QED) is 0.267. The number of anilines is 2. The highest BCUT2D eigenvalue weighted by atomic mass is 19.4. The molecule has 1 amide bonds. The Kier molecular flexibility index (Phi) is 9.16. The number of ether oxygens (including phenoxy) is 2. The van der Waals surface area contributed by atoms with E-state index < -0.39 is 18.0 Å². The highest BCUT2D eigenvalue weighted by Crippen LogP contribution is 2.26. The molecule has 1 aliphatic heterocycles. The number of aromatic nitrogens is 5. The first kappa shape index (κ1) is 29.9. The zero-order valence-corrected chi connectivity index (χ0v) is 23.7. The number of nitrogens with one attached hydrogen (secondary N) is 1. The first-order valence-corrected chi connectivity index (χ1v) is 13.7. The van der Waals surface area contributed by atoms with Crippen molar-refractivity contribution in [2.75, 3.05) is 56.7 Å². The van der Waals surface area contributed by atoms with Crippen molar-refractivity contribution >= 4 is 17.3 Å². The molecule has 3 aromatic heterocycles. The van der Waals surface area contributed by atoms with Crippen LogP contribution < -0.4 is 15.0 Å². The van der Waals surface area contributed by atoms with E-state index in [0.29, 0.717) is 22.8 Å². The van der Waals surface area contributed by atoms with Crippen molar-refractivity contribution < 1.29 is 27.4 Å². The third-order valence-corrected chi connectivity index (χ3v) is 6.97. The van der Waals surface area contributed by atoms with Crippen LogP contribution in [0.5, 0.6) is 5.75 Å². The van der Waals surface area contributed by atoms with Crippen LogP contribution in [0.2, 0.25) is 0 Å². The third-order valence-electron chi connectivity index (χ3n) is 6.97. The normalized spacial score (nSPS) is 14.1. The average molecular weight is 597 g/mol. The number of methoxy groups -OCH3 is 1. The molecule has 4 aromatic rings. The van der Waals surface area contributed by atoms with E-state index in [-0.39, 0.29) is 5.56 Å². The lowest BCUT2D eigenvalue weighted by atomic mass is 10.2. The zero-order valence-electron chi connectivity index (χ0n) is 23.7. The van der Waals surface area contributed by atoms with Crippen molar-refractivity contribution in [1.82, 2.24) is 29.9 Å². The Bertz CT molecular complexity index is 1550. The molecule has 4 heterocycles. The van der Waals surface area contributed by atoms with Crippen molar-refractivity contribution in [3.05, 3.63) is 72.4 Å². The van der Waals surface area contributed by atoms with Crippen LogP contribution in [-0.2, 0) is 4.74 Å². The number of alkyl halides is 3. The summed E-state index contributed by atoms with van der Waals surface area (Å²) in [4.78, 5) is 26.3. The number of pyridine rings is 2. The van der Waals surface area contributed by atoms with Gasteiger partial charge in [-0.2, -0.15) is 0 Å². The van der Waals surface area contributed by atoms with E-state index in [1.54, 1.807) is 37.2 Å². The van der Waals surface area contributed by atoms with Gasteiger partial charge in [0.25, 0.3) is 5.91 Å². The van der Waals surface area contributed by atoms with E-state index in [4.69, 9.17) is 4.74 Å². The van der Waals surface area contributed by atoms with Gasteiger partial charge < -0.3 is 19.7 Å². The molecule has 1 saturated heterocycles. The summed E-state index contributed by atoms with van der Waals surface area (Å²) in [5.41, 5.74) is 3.95. The number of amides is 1. The van der Waals surface area contributed by atoms with Crippen molar-refractivity contribution in [1.29, 1.82) is 0 Å². The van der Waals surface area contributed by atoms with Gasteiger partial charge in [-0.05, 0) is 43.7 Å². The Hall–Kier alpha value is -4.56. The summed E-state index contributed by atoms with van der Waals surface area (Å²) in [6, 6.07) is 8.53. The fourth-order valence-corrected chi connectivity index (χ4v) is 4.78. The van der Waals surface area contributed by atoms with Crippen LogP contribution in [0.15, 0.2) is 61.2 Å². The lowest BCUT2D eigenvalue weighted by Crippen LogP contribution is -2.46. The molecule has 5 rings (SSSR count). The number of piperazine rings is 1. The minimum absolute atomic E-state index is 0.00759. The lowest BCUT2D eigenvalue weighted by Gasteiger charge is -2.36. The summed E-state index contributed by atoms with van der Waals surface area (Å²) >= 11 is 0. The molecule has 1 N–H and O–H groups in total. The Morgan fingerprint density at radius 2 is 1.88 bits per heavy atom. The monoisotopic (exact) mass is 596 g/mol. The molecule has 0 unspecified atom stereocenters. The van der Waals surface area contributed by atoms with Crippen LogP contribution in [0.1, 0.15) is 22.5 Å². The molecule has 43 heavy (non-hydrogen) atoms. The molecule has 1 aliphatic rings. The average Bonchev–Trinajstić information content (AvgIpc) is 3.48. The molecule has 0 saturated carbocycles. The number of benzene rings is 1. The van der Waals surface area contributed by atoms with E-state index in [9.17, 15) is 18.0 Å². The molecule has 0 aliphatic carbocycles. The molecule has 0 atom stereocenters. The molecule has 0 spiro atoms. The zero-order chi connectivity index (χ0) is 30.4. The van der Waals surface area contributed by atoms with Gasteiger partial charge in [0.15, 0.2) is 0 Å². The minimum Gasteiger partial charge on any atom is -0.406 e. The Labute approximate surface area is 246 Å². The maximum atomic E-state index is 12.8. The summed E-state index contributed by atoms with van der Waals surface area (Å²) < 4.78 is 48.4. The van der Waals surface area contributed by atoms with Gasteiger partial charge in [-0.25, -0.2) is 4.68 Å².